The van der Waals surface area contributed by atoms with Crippen molar-refractivity contribution in [2.45, 2.75) is 12.8 Å². The highest BCUT2D eigenvalue weighted by Gasteiger charge is 2.06. The Morgan fingerprint density at radius 2 is 2.33 bits per heavy atom. The predicted molar refractivity (Wildman–Crippen MR) is 57.5 cm³/mol. The van der Waals surface area contributed by atoms with Crippen molar-refractivity contribution in [3.05, 3.63) is 24.0 Å². The molecule has 0 bridgehead atoms. The quantitative estimate of drug-likeness (QED) is 0.584. The number of terminal acetylenes is 1. The maximum absolute atomic E-state index is 13.1. The highest BCUT2D eigenvalue weighted by molar-refractivity contribution is 5.91. The molecule has 0 aliphatic heterocycles. The number of rotatable bonds is 3. The first-order valence-corrected chi connectivity index (χ1v) is 4.42. The number of amides is 1. The molecule has 3 nitrogen and oxygen atoms in total. The number of hydrogen-bond donors (Lipinski definition) is 2. The molecule has 0 saturated heterocycles. The fraction of sp³-hybridized carbons (Fsp3) is 0.182. The van der Waals surface area contributed by atoms with Crippen LogP contribution in [0.2, 0.25) is 0 Å². The van der Waals surface area contributed by atoms with Gasteiger partial charge in [-0.1, -0.05) is 0 Å². The van der Waals surface area contributed by atoms with Crippen LogP contribution in [-0.2, 0) is 4.79 Å². The maximum Gasteiger partial charge on any atom is 0.225 e. The van der Waals surface area contributed by atoms with Crippen molar-refractivity contribution in [1.82, 2.24) is 0 Å². The number of nitrogen functional groups attached to an aromatic ring is 1. The van der Waals surface area contributed by atoms with Crippen LogP contribution in [0.1, 0.15) is 12.8 Å². The molecule has 0 aliphatic rings. The zero-order valence-corrected chi connectivity index (χ0v) is 8.09. The van der Waals surface area contributed by atoms with Crippen LogP contribution < -0.4 is 11.1 Å². The van der Waals surface area contributed by atoms with Crippen LogP contribution in [0.15, 0.2) is 18.2 Å². The summed E-state index contributed by atoms with van der Waals surface area (Å²) in [6, 6.07) is 3.99. The average molecular weight is 206 g/mol. The molecule has 4 heteroatoms. The molecule has 0 fully saturated rings. The van der Waals surface area contributed by atoms with Crippen LogP contribution in [0, 0.1) is 18.2 Å². The largest absolute Gasteiger partial charge is 0.399 e. The molecule has 0 atom stereocenters. The van der Waals surface area contributed by atoms with Crippen LogP contribution in [0.4, 0.5) is 15.8 Å². The van der Waals surface area contributed by atoms with Crippen LogP contribution in [0.25, 0.3) is 0 Å². The van der Waals surface area contributed by atoms with Gasteiger partial charge in [0.2, 0.25) is 5.91 Å². The molecule has 1 amide bonds. The van der Waals surface area contributed by atoms with Crippen molar-refractivity contribution in [3.8, 4) is 12.3 Å². The van der Waals surface area contributed by atoms with E-state index in [0.29, 0.717) is 12.1 Å². The van der Waals surface area contributed by atoms with Crippen LogP contribution in [0.3, 0.4) is 0 Å². The SMILES string of the molecule is C#CCCC(=O)Nc1cc(N)ccc1F. The first-order chi connectivity index (χ1) is 7.13. The Morgan fingerprint density at radius 3 is 3.00 bits per heavy atom. The molecule has 1 aromatic rings. The van der Waals surface area contributed by atoms with Crippen LogP contribution >= 0.6 is 0 Å². The molecule has 3 N–H and O–H groups in total. The third kappa shape index (κ3) is 3.31. The number of hydrogen-bond acceptors (Lipinski definition) is 2. The minimum absolute atomic E-state index is 0.0806. The summed E-state index contributed by atoms with van der Waals surface area (Å²) in [5.74, 6) is 1.49. The number of nitrogens with one attached hydrogen (secondary N) is 1. The lowest BCUT2D eigenvalue weighted by atomic mass is 10.2. The zero-order valence-electron chi connectivity index (χ0n) is 8.09. The molecule has 0 saturated carbocycles. The van der Waals surface area contributed by atoms with Gasteiger partial charge in [-0.2, -0.15) is 0 Å². The Labute approximate surface area is 87.5 Å². The Balaban J connectivity index is 2.68. The predicted octanol–water partition coefficient (Wildman–Crippen LogP) is 1.76. The summed E-state index contributed by atoms with van der Waals surface area (Å²) >= 11 is 0. The number of halogens is 1. The highest BCUT2D eigenvalue weighted by atomic mass is 19.1. The lowest BCUT2D eigenvalue weighted by Crippen LogP contribution is -2.12. The minimum atomic E-state index is -0.516. The van der Waals surface area contributed by atoms with E-state index in [-0.39, 0.29) is 18.0 Å². The molecule has 0 unspecified atom stereocenters. The topological polar surface area (TPSA) is 55.1 Å². The fourth-order valence-corrected chi connectivity index (χ4v) is 1.04. The number of carbonyl (C=O) groups excluding carboxylic acids is 1. The molecule has 0 radical (unpaired) electrons. The van der Waals surface area contributed by atoms with E-state index in [2.05, 4.69) is 11.2 Å². The average Bonchev–Trinajstić information content (AvgIpc) is 2.20. The Kier molecular flexibility index (Phi) is 3.69. The monoisotopic (exact) mass is 206 g/mol. The molecule has 1 rings (SSSR count). The van der Waals surface area contributed by atoms with Gasteiger partial charge in [0.1, 0.15) is 5.82 Å². The fourth-order valence-electron chi connectivity index (χ4n) is 1.04. The third-order valence-corrected chi connectivity index (χ3v) is 1.76. The van der Waals surface area contributed by atoms with E-state index >= 15 is 0 Å². The van der Waals surface area contributed by atoms with Crippen molar-refractivity contribution in [2.24, 2.45) is 0 Å². The smallest absolute Gasteiger partial charge is 0.225 e. The second-order valence-corrected chi connectivity index (χ2v) is 2.99. The number of carbonyl (C=O) groups is 1. The first kappa shape index (κ1) is 11.1. The second-order valence-electron chi connectivity index (χ2n) is 2.99. The number of anilines is 2. The minimum Gasteiger partial charge on any atom is -0.399 e. The molecule has 0 aromatic heterocycles. The second kappa shape index (κ2) is 5.01. The summed E-state index contributed by atoms with van der Waals surface area (Å²) in [7, 11) is 0. The number of benzene rings is 1. The van der Waals surface area contributed by atoms with E-state index in [4.69, 9.17) is 12.2 Å². The molecule has 0 aliphatic carbocycles. The van der Waals surface area contributed by atoms with Crippen molar-refractivity contribution >= 4 is 17.3 Å². The molecule has 78 valence electrons. The Morgan fingerprint density at radius 1 is 1.60 bits per heavy atom. The Bertz CT molecular complexity index is 410. The lowest BCUT2D eigenvalue weighted by molar-refractivity contribution is -0.116. The maximum atomic E-state index is 13.1. The summed E-state index contributed by atoms with van der Waals surface area (Å²) in [5, 5.41) is 2.40. The van der Waals surface area contributed by atoms with E-state index in [1.807, 2.05) is 0 Å². The van der Waals surface area contributed by atoms with Gasteiger partial charge < -0.3 is 11.1 Å². The molecule has 1 aromatic carbocycles. The summed E-state index contributed by atoms with van der Waals surface area (Å²) in [5.41, 5.74) is 5.93. The van der Waals surface area contributed by atoms with E-state index in [1.165, 1.54) is 18.2 Å². The number of nitrogens with two attached hydrogens (primary N) is 1. The van der Waals surface area contributed by atoms with Gasteiger partial charge in [-0.3, -0.25) is 4.79 Å². The summed E-state index contributed by atoms with van der Waals surface area (Å²) in [4.78, 5) is 11.2. The van der Waals surface area contributed by atoms with E-state index in [9.17, 15) is 9.18 Å². The lowest BCUT2D eigenvalue weighted by Gasteiger charge is -2.05. The van der Waals surface area contributed by atoms with Gasteiger partial charge in [0.05, 0.1) is 5.69 Å². The van der Waals surface area contributed by atoms with Gasteiger partial charge in [0.25, 0.3) is 0 Å². The molecular weight excluding hydrogens is 195 g/mol. The molecule has 15 heavy (non-hydrogen) atoms. The van der Waals surface area contributed by atoms with Crippen LogP contribution in [0.5, 0.6) is 0 Å². The van der Waals surface area contributed by atoms with Crippen molar-refractivity contribution in [2.75, 3.05) is 11.1 Å². The van der Waals surface area contributed by atoms with E-state index in [0.717, 1.165) is 0 Å². The zero-order chi connectivity index (χ0) is 11.3. The summed E-state index contributed by atoms with van der Waals surface area (Å²) < 4.78 is 13.1. The molecular formula is C11H11FN2O. The van der Waals surface area contributed by atoms with Gasteiger partial charge in [-0.05, 0) is 18.2 Å². The summed E-state index contributed by atoms with van der Waals surface area (Å²) in [6.07, 6.45) is 5.50. The van der Waals surface area contributed by atoms with Crippen molar-refractivity contribution in [3.63, 3.8) is 0 Å². The normalized spacial score (nSPS) is 9.33. The van der Waals surface area contributed by atoms with Gasteiger partial charge in [0.15, 0.2) is 0 Å². The molecule has 0 spiro atoms. The van der Waals surface area contributed by atoms with Crippen LogP contribution in [-0.4, -0.2) is 5.91 Å². The van der Waals surface area contributed by atoms with Crippen molar-refractivity contribution in [1.29, 1.82) is 0 Å². The standard InChI is InChI=1S/C11H11FN2O/c1-2-3-4-11(15)14-10-7-8(13)5-6-9(10)12/h1,5-7H,3-4,13H2,(H,14,15). The van der Waals surface area contributed by atoms with E-state index < -0.39 is 5.82 Å². The van der Waals surface area contributed by atoms with Gasteiger partial charge in [-0.25, -0.2) is 4.39 Å². The van der Waals surface area contributed by atoms with Crippen molar-refractivity contribution < 1.29 is 9.18 Å². The highest BCUT2D eigenvalue weighted by Crippen LogP contribution is 2.17. The van der Waals surface area contributed by atoms with Gasteiger partial charge in [0, 0.05) is 18.5 Å². The van der Waals surface area contributed by atoms with Gasteiger partial charge in [-0.15, -0.1) is 12.3 Å². The van der Waals surface area contributed by atoms with Gasteiger partial charge >= 0.3 is 0 Å². The first-order valence-electron chi connectivity index (χ1n) is 4.42. The van der Waals surface area contributed by atoms with E-state index in [1.54, 1.807) is 0 Å². The molecule has 0 heterocycles. The summed E-state index contributed by atoms with van der Waals surface area (Å²) in [6.45, 7) is 0. The Hall–Kier alpha value is -2.02. The third-order valence-electron chi connectivity index (χ3n) is 1.76.